The minimum Gasteiger partial charge on any atom is -0.378 e. The van der Waals surface area contributed by atoms with Gasteiger partial charge in [-0.3, -0.25) is 0 Å². The number of anilines is 1. The Morgan fingerprint density at radius 1 is 1.12 bits per heavy atom. The van der Waals surface area contributed by atoms with Gasteiger partial charge in [-0.2, -0.15) is 0 Å². The smallest absolute Gasteiger partial charge is 0.0642 e. The zero-order valence-corrected chi connectivity index (χ0v) is 10.1. The highest BCUT2D eigenvalue weighted by Crippen LogP contribution is 2.16. The number of hydrogen-bond acceptors (Lipinski definition) is 3. The summed E-state index contributed by atoms with van der Waals surface area (Å²) in [6.45, 7) is 4.71. The van der Waals surface area contributed by atoms with E-state index < -0.39 is 0 Å². The quantitative estimate of drug-likeness (QED) is 0.769. The maximum atomic E-state index is 5.35. The summed E-state index contributed by atoms with van der Waals surface area (Å²) in [4.78, 5) is 4.56. The summed E-state index contributed by atoms with van der Waals surface area (Å²) in [5.41, 5.74) is 2.67. The normalized spacial score (nSPS) is 16.8. The Balaban J connectivity index is 2.00. The standard InChI is InChI=1S/C13H20N2O/c1-14(2)11-12-3-5-13(6-4-12)15-7-9-16-10-8-15/h3-6H,7-11H2,1-2H3. The molecular weight excluding hydrogens is 200 g/mol. The van der Waals surface area contributed by atoms with E-state index in [0.29, 0.717) is 0 Å². The number of rotatable bonds is 3. The molecule has 1 heterocycles. The van der Waals surface area contributed by atoms with Gasteiger partial charge in [-0.25, -0.2) is 0 Å². The van der Waals surface area contributed by atoms with Gasteiger partial charge in [0.2, 0.25) is 0 Å². The van der Waals surface area contributed by atoms with Crippen LogP contribution in [-0.4, -0.2) is 45.3 Å². The summed E-state index contributed by atoms with van der Waals surface area (Å²) in [6, 6.07) is 8.85. The number of nitrogens with zero attached hydrogens (tertiary/aromatic N) is 2. The lowest BCUT2D eigenvalue weighted by Gasteiger charge is -2.29. The van der Waals surface area contributed by atoms with Crippen LogP contribution in [0.4, 0.5) is 5.69 Å². The highest BCUT2D eigenvalue weighted by atomic mass is 16.5. The van der Waals surface area contributed by atoms with Crippen LogP contribution in [0.15, 0.2) is 24.3 Å². The van der Waals surface area contributed by atoms with Gasteiger partial charge in [0.25, 0.3) is 0 Å². The first-order chi connectivity index (χ1) is 7.75. The molecule has 1 aromatic rings. The van der Waals surface area contributed by atoms with Crippen LogP contribution in [0.3, 0.4) is 0 Å². The van der Waals surface area contributed by atoms with Crippen molar-refractivity contribution >= 4 is 5.69 Å². The highest BCUT2D eigenvalue weighted by Gasteiger charge is 2.10. The van der Waals surface area contributed by atoms with Crippen molar-refractivity contribution in [3.05, 3.63) is 29.8 Å². The predicted octanol–water partition coefficient (Wildman–Crippen LogP) is 1.58. The maximum absolute atomic E-state index is 5.35. The Bertz CT molecular complexity index is 315. The fourth-order valence-electron chi connectivity index (χ4n) is 2.00. The summed E-state index contributed by atoms with van der Waals surface area (Å²) >= 11 is 0. The minimum atomic E-state index is 0.847. The van der Waals surface area contributed by atoms with E-state index in [0.717, 1.165) is 32.8 Å². The van der Waals surface area contributed by atoms with Crippen LogP contribution in [0.25, 0.3) is 0 Å². The molecule has 0 atom stereocenters. The Morgan fingerprint density at radius 2 is 1.75 bits per heavy atom. The molecule has 1 aliphatic heterocycles. The average molecular weight is 220 g/mol. The van der Waals surface area contributed by atoms with Gasteiger partial charge in [0.15, 0.2) is 0 Å². The van der Waals surface area contributed by atoms with Gasteiger partial charge in [-0.05, 0) is 31.8 Å². The zero-order chi connectivity index (χ0) is 11.4. The number of benzene rings is 1. The summed E-state index contributed by atoms with van der Waals surface area (Å²) in [5.74, 6) is 0. The van der Waals surface area contributed by atoms with Crippen LogP contribution in [0.5, 0.6) is 0 Å². The third kappa shape index (κ3) is 2.97. The molecule has 1 aromatic carbocycles. The Hall–Kier alpha value is -1.06. The first kappa shape index (κ1) is 11.4. The molecule has 0 aliphatic carbocycles. The van der Waals surface area contributed by atoms with Crippen LogP contribution in [0, 0.1) is 0 Å². The van der Waals surface area contributed by atoms with E-state index in [4.69, 9.17) is 4.74 Å². The van der Waals surface area contributed by atoms with Gasteiger partial charge >= 0.3 is 0 Å². The van der Waals surface area contributed by atoms with Crippen molar-refractivity contribution in [2.45, 2.75) is 6.54 Å². The first-order valence-electron chi connectivity index (χ1n) is 5.82. The molecule has 88 valence electrons. The first-order valence-corrected chi connectivity index (χ1v) is 5.82. The monoisotopic (exact) mass is 220 g/mol. The van der Waals surface area contributed by atoms with Crippen molar-refractivity contribution in [2.24, 2.45) is 0 Å². The van der Waals surface area contributed by atoms with E-state index >= 15 is 0 Å². The molecule has 0 radical (unpaired) electrons. The van der Waals surface area contributed by atoms with Crippen molar-refractivity contribution in [1.29, 1.82) is 0 Å². The van der Waals surface area contributed by atoms with Gasteiger partial charge in [0.1, 0.15) is 0 Å². The number of morpholine rings is 1. The SMILES string of the molecule is CN(C)Cc1ccc(N2CCOCC2)cc1. The Labute approximate surface area is 97.6 Å². The topological polar surface area (TPSA) is 15.7 Å². The molecule has 0 unspecified atom stereocenters. The summed E-state index contributed by atoms with van der Waals surface area (Å²) in [5, 5.41) is 0. The fraction of sp³-hybridized carbons (Fsp3) is 0.538. The molecule has 0 saturated carbocycles. The zero-order valence-electron chi connectivity index (χ0n) is 10.1. The second-order valence-corrected chi connectivity index (χ2v) is 4.50. The van der Waals surface area contributed by atoms with E-state index in [2.05, 4.69) is 48.2 Å². The largest absolute Gasteiger partial charge is 0.378 e. The van der Waals surface area contributed by atoms with Crippen molar-refractivity contribution in [2.75, 3.05) is 45.3 Å². The van der Waals surface area contributed by atoms with E-state index in [1.54, 1.807) is 0 Å². The van der Waals surface area contributed by atoms with Crippen molar-refractivity contribution in [3.63, 3.8) is 0 Å². The number of ether oxygens (including phenoxy) is 1. The maximum Gasteiger partial charge on any atom is 0.0642 e. The fourth-order valence-corrected chi connectivity index (χ4v) is 2.00. The third-order valence-corrected chi connectivity index (χ3v) is 2.81. The van der Waals surface area contributed by atoms with Gasteiger partial charge in [0, 0.05) is 25.3 Å². The lowest BCUT2D eigenvalue weighted by Crippen LogP contribution is -2.36. The molecule has 0 N–H and O–H groups in total. The van der Waals surface area contributed by atoms with Gasteiger partial charge in [-0.1, -0.05) is 12.1 Å². The molecule has 1 saturated heterocycles. The number of hydrogen-bond donors (Lipinski definition) is 0. The Kier molecular flexibility index (Phi) is 3.80. The van der Waals surface area contributed by atoms with Crippen LogP contribution >= 0.6 is 0 Å². The van der Waals surface area contributed by atoms with Crippen molar-refractivity contribution in [1.82, 2.24) is 4.90 Å². The molecule has 3 nitrogen and oxygen atoms in total. The second-order valence-electron chi connectivity index (χ2n) is 4.50. The van der Waals surface area contributed by atoms with E-state index in [9.17, 15) is 0 Å². The highest BCUT2D eigenvalue weighted by molar-refractivity contribution is 5.47. The molecule has 1 fully saturated rings. The van der Waals surface area contributed by atoms with Crippen molar-refractivity contribution < 1.29 is 4.74 Å². The molecule has 1 aliphatic rings. The molecular formula is C13H20N2O. The van der Waals surface area contributed by atoms with E-state index in [1.807, 2.05) is 0 Å². The lowest BCUT2D eigenvalue weighted by atomic mass is 10.2. The van der Waals surface area contributed by atoms with Crippen LogP contribution < -0.4 is 4.90 Å². The lowest BCUT2D eigenvalue weighted by molar-refractivity contribution is 0.122. The molecule has 0 amide bonds. The van der Waals surface area contributed by atoms with E-state index in [1.165, 1.54) is 11.3 Å². The molecule has 16 heavy (non-hydrogen) atoms. The minimum absolute atomic E-state index is 0.847. The summed E-state index contributed by atoms with van der Waals surface area (Å²) in [6.07, 6.45) is 0. The predicted molar refractivity (Wildman–Crippen MR) is 66.9 cm³/mol. The molecule has 3 heteroatoms. The molecule has 0 spiro atoms. The van der Waals surface area contributed by atoms with Crippen LogP contribution in [-0.2, 0) is 11.3 Å². The van der Waals surface area contributed by atoms with Gasteiger partial charge in [0.05, 0.1) is 13.2 Å². The van der Waals surface area contributed by atoms with Gasteiger partial charge in [-0.15, -0.1) is 0 Å². The summed E-state index contributed by atoms with van der Waals surface area (Å²) in [7, 11) is 4.19. The summed E-state index contributed by atoms with van der Waals surface area (Å²) < 4.78 is 5.35. The van der Waals surface area contributed by atoms with Crippen LogP contribution in [0.1, 0.15) is 5.56 Å². The van der Waals surface area contributed by atoms with Crippen LogP contribution in [0.2, 0.25) is 0 Å². The van der Waals surface area contributed by atoms with Crippen molar-refractivity contribution in [3.8, 4) is 0 Å². The third-order valence-electron chi connectivity index (χ3n) is 2.81. The Morgan fingerprint density at radius 3 is 2.31 bits per heavy atom. The average Bonchev–Trinajstić information content (AvgIpc) is 2.30. The second kappa shape index (κ2) is 5.32. The molecule has 0 aromatic heterocycles. The molecule has 2 rings (SSSR count). The molecule has 0 bridgehead atoms. The van der Waals surface area contributed by atoms with Gasteiger partial charge < -0.3 is 14.5 Å². The van der Waals surface area contributed by atoms with E-state index in [-0.39, 0.29) is 0 Å².